The van der Waals surface area contributed by atoms with E-state index in [1.165, 1.54) is 0 Å². The molecule has 3 aromatic rings. The fourth-order valence-electron chi connectivity index (χ4n) is 2.85. The number of fused-ring (bicyclic) bond motifs is 1. The van der Waals surface area contributed by atoms with Crippen LogP contribution in [0.5, 0.6) is 17.2 Å². The van der Waals surface area contributed by atoms with Crippen LogP contribution in [0.3, 0.4) is 0 Å². The Morgan fingerprint density at radius 3 is 2.12 bits per heavy atom. The quantitative estimate of drug-likeness (QED) is 0.734. The zero-order valence-corrected chi connectivity index (χ0v) is 15.0. The second kappa shape index (κ2) is 7.78. The third-order valence-corrected chi connectivity index (χ3v) is 4.19. The first-order chi connectivity index (χ1) is 12.7. The van der Waals surface area contributed by atoms with Crippen molar-refractivity contribution in [3.05, 3.63) is 65.7 Å². The minimum Gasteiger partial charge on any atom is -0.493 e. The fraction of sp³-hybridized carbons (Fsp3) is 0.190. The highest BCUT2D eigenvalue weighted by Crippen LogP contribution is 2.38. The fourth-order valence-corrected chi connectivity index (χ4v) is 2.85. The van der Waals surface area contributed by atoms with E-state index in [1.54, 1.807) is 21.3 Å². The van der Waals surface area contributed by atoms with Crippen LogP contribution < -0.4 is 19.5 Å². The molecule has 0 bridgehead atoms. The van der Waals surface area contributed by atoms with Crippen molar-refractivity contribution in [2.75, 3.05) is 21.3 Å². The molecule has 0 aliphatic rings. The number of methoxy groups -OCH3 is 3. The van der Waals surface area contributed by atoms with Crippen LogP contribution in [0.25, 0.3) is 10.8 Å². The van der Waals surface area contributed by atoms with E-state index in [-0.39, 0.29) is 5.91 Å². The van der Waals surface area contributed by atoms with Crippen LogP contribution in [-0.4, -0.2) is 27.2 Å². The van der Waals surface area contributed by atoms with E-state index in [1.807, 2.05) is 54.6 Å². The van der Waals surface area contributed by atoms with Crippen molar-refractivity contribution in [2.24, 2.45) is 0 Å². The Balaban J connectivity index is 1.78. The van der Waals surface area contributed by atoms with Crippen LogP contribution in [-0.2, 0) is 6.54 Å². The van der Waals surface area contributed by atoms with E-state index in [9.17, 15) is 4.79 Å². The monoisotopic (exact) mass is 351 g/mol. The zero-order chi connectivity index (χ0) is 18.5. The minimum absolute atomic E-state index is 0.135. The van der Waals surface area contributed by atoms with E-state index in [2.05, 4.69) is 5.32 Å². The average Bonchev–Trinajstić information content (AvgIpc) is 2.70. The first-order valence-corrected chi connectivity index (χ1v) is 8.22. The summed E-state index contributed by atoms with van der Waals surface area (Å²) in [6.45, 7) is 0.350. The lowest BCUT2D eigenvalue weighted by Gasteiger charge is -2.14. The Hall–Kier alpha value is -3.21. The van der Waals surface area contributed by atoms with Crippen molar-refractivity contribution in [2.45, 2.75) is 6.54 Å². The van der Waals surface area contributed by atoms with Crippen molar-refractivity contribution >= 4 is 16.7 Å². The summed E-state index contributed by atoms with van der Waals surface area (Å²) in [5.41, 5.74) is 1.48. The highest BCUT2D eigenvalue weighted by Gasteiger charge is 2.14. The number of hydrogen-bond donors (Lipinski definition) is 1. The van der Waals surface area contributed by atoms with Gasteiger partial charge in [-0.15, -0.1) is 0 Å². The Kier molecular flexibility index (Phi) is 5.27. The maximum atomic E-state index is 12.5. The van der Waals surface area contributed by atoms with E-state index in [0.717, 1.165) is 16.3 Å². The number of carbonyl (C=O) groups is 1. The lowest BCUT2D eigenvalue weighted by molar-refractivity contribution is 0.0951. The van der Waals surface area contributed by atoms with Crippen LogP contribution in [0.2, 0.25) is 0 Å². The minimum atomic E-state index is -0.135. The molecule has 0 heterocycles. The van der Waals surface area contributed by atoms with Crippen molar-refractivity contribution in [3.8, 4) is 17.2 Å². The van der Waals surface area contributed by atoms with Gasteiger partial charge in [0.25, 0.3) is 5.91 Å². The van der Waals surface area contributed by atoms with Crippen LogP contribution in [0, 0.1) is 0 Å². The molecule has 0 aliphatic carbocycles. The molecule has 0 fully saturated rings. The van der Waals surface area contributed by atoms with Gasteiger partial charge >= 0.3 is 0 Å². The topological polar surface area (TPSA) is 56.8 Å². The molecule has 134 valence electrons. The third-order valence-electron chi connectivity index (χ3n) is 4.19. The molecule has 1 N–H and O–H groups in total. The van der Waals surface area contributed by atoms with Gasteiger partial charge in [-0.2, -0.15) is 0 Å². The van der Waals surface area contributed by atoms with Crippen molar-refractivity contribution in [1.29, 1.82) is 0 Å². The summed E-state index contributed by atoms with van der Waals surface area (Å²) in [5, 5.41) is 5.07. The highest BCUT2D eigenvalue weighted by molar-refractivity contribution is 5.98. The first-order valence-electron chi connectivity index (χ1n) is 8.22. The molecule has 0 aliphatic heterocycles. The van der Waals surface area contributed by atoms with Gasteiger partial charge in [-0.3, -0.25) is 4.79 Å². The van der Waals surface area contributed by atoms with Crippen LogP contribution >= 0.6 is 0 Å². The zero-order valence-electron chi connectivity index (χ0n) is 15.0. The normalized spacial score (nSPS) is 10.4. The van der Waals surface area contributed by atoms with Crippen LogP contribution in [0.15, 0.2) is 54.6 Å². The molecular weight excluding hydrogens is 330 g/mol. The van der Waals surface area contributed by atoms with Gasteiger partial charge in [-0.25, -0.2) is 0 Å². The molecule has 0 atom stereocenters. The van der Waals surface area contributed by atoms with Crippen LogP contribution in [0.4, 0.5) is 0 Å². The van der Waals surface area contributed by atoms with Gasteiger partial charge in [0.05, 0.1) is 21.3 Å². The number of ether oxygens (including phenoxy) is 3. The predicted molar refractivity (Wildman–Crippen MR) is 101 cm³/mol. The van der Waals surface area contributed by atoms with Gasteiger partial charge in [0.2, 0.25) is 5.75 Å². The number of nitrogens with one attached hydrogen (secondary N) is 1. The van der Waals surface area contributed by atoms with Crippen molar-refractivity contribution < 1.29 is 19.0 Å². The molecule has 5 nitrogen and oxygen atoms in total. The number of amides is 1. The molecule has 0 radical (unpaired) electrons. The summed E-state index contributed by atoms with van der Waals surface area (Å²) < 4.78 is 16.0. The Morgan fingerprint density at radius 1 is 0.846 bits per heavy atom. The van der Waals surface area contributed by atoms with Crippen LogP contribution in [0.1, 0.15) is 15.9 Å². The van der Waals surface area contributed by atoms with Gasteiger partial charge < -0.3 is 19.5 Å². The molecule has 3 rings (SSSR count). The third kappa shape index (κ3) is 3.57. The van der Waals surface area contributed by atoms with Gasteiger partial charge in [0.1, 0.15) is 0 Å². The SMILES string of the molecule is COc1cc(CNC(=O)c2ccc3ccccc3c2)cc(OC)c1OC. The van der Waals surface area contributed by atoms with Crippen molar-refractivity contribution in [1.82, 2.24) is 5.32 Å². The first kappa shape index (κ1) is 17.6. The molecule has 0 unspecified atom stereocenters. The van der Waals surface area contributed by atoms with E-state index < -0.39 is 0 Å². The Morgan fingerprint density at radius 2 is 1.50 bits per heavy atom. The maximum absolute atomic E-state index is 12.5. The van der Waals surface area contributed by atoms with Crippen molar-refractivity contribution in [3.63, 3.8) is 0 Å². The smallest absolute Gasteiger partial charge is 0.251 e. The summed E-state index contributed by atoms with van der Waals surface area (Å²) >= 11 is 0. The van der Waals surface area contributed by atoms with Gasteiger partial charge in [0, 0.05) is 12.1 Å². The molecule has 0 aromatic heterocycles. The summed E-state index contributed by atoms with van der Waals surface area (Å²) in [6.07, 6.45) is 0. The molecular formula is C21H21NO4. The second-order valence-corrected chi connectivity index (χ2v) is 5.78. The van der Waals surface area contributed by atoms with E-state index in [4.69, 9.17) is 14.2 Å². The number of benzene rings is 3. The standard InChI is InChI=1S/C21H21NO4/c1-24-18-10-14(11-19(25-2)20(18)26-3)13-22-21(23)17-9-8-15-6-4-5-7-16(15)12-17/h4-12H,13H2,1-3H3,(H,22,23). The highest BCUT2D eigenvalue weighted by atomic mass is 16.5. The Bertz CT molecular complexity index is 911. The predicted octanol–water partition coefficient (Wildman–Crippen LogP) is 3.80. The molecule has 0 saturated heterocycles. The molecule has 26 heavy (non-hydrogen) atoms. The summed E-state index contributed by atoms with van der Waals surface area (Å²) in [7, 11) is 4.69. The van der Waals surface area contributed by atoms with Gasteiger partial charge in [0.15, 0.2) is 11.5 Å². The number of rotatable bonds is 6. The molecule has 1 amide bonds. The van der Waals surface area contributed by atoms with Gasteiger partial charge in [-0.05, 0) is 40.6 Å². The van der Waals surface area contributed by atoms with Gasteiger partial charge in [-0.1, -0.05) is 30.3 Å². The lowest BCUT2D eigenvalue weighted by Crippen LogP contribution is -2.22. The van der Waals surface area contributed by atoms with E-state index in [0.29, 0.717) is 29.4 Å². The lowest BCUT2D eigenvalue weighted by atomic mass is 10.1. The van der Waals surface area contributed by atoms with E-state index >= 15 is 0 Å². The number of carbonyl (C=O) groups excluding carboxylic acids is 1. The Labute approximate surface area is 152 Å². The summed E-state index contributed by atoms with van der Waals surface area (Å²) in [6, 6.07) is 17.3. The molecule has 3 aromatic carbocycles. The maximum Gasteiger partial charge on any atom is 0.251 e. The largest absolute Gasteiger partial charge is 0.493 e. The second-order valence-electron chi connectivity index (χ2n) is 5.78. The molecule has 0 saturated carbocycles. The number of hydrogen-bond acceptors (Lipinski definition) is 4. The molecule has 5 heteroatoms. The summed E-state index contributed by atoms with van der Waals surface area (Å²) in [4.78, 5) is 12.5. The molecule has 0 spiro atoms. The average molecular weight is 351 g/mol. The summed E-state index contributed by atoms with van der Waals surface area (Å²) in [5.74, 6) is 1.51.